The molecule has 0 bridgehead atoms. The van der Waals surface area contributed by atoms with Crippen LogP contribution < -0.4 is 11.5 Å². The summed E-state index contributed by atoms with van der Waals surface area (Å²) in [7, 11) is 0. The number of rotatable bonds is 7. The molecule has 0 aliphatic heterocycles. The van der Waals surface area contributed by atoms with Crippen LogP contribution in [0.25, 0.3) is 12.2 Å². The second-order valence-corrected chi connectivity index (χ2v) is 5.47. The molecule has 0 saturated carbocycles. The maximum Gasteiger partial charge on any atom is 0.00864 e. The summed E-state index contributed by atoms with van der Waals surface area (Å²) >= 11 is 0. The number of unbranched alkanes of at least 4 members (excludes halogenated alkanes) is 1. The SMILES string of the molecule is NC(=Cc1ccccc1)CCCCC(N)=Cc1ccccc1. The third-order valence-corrected chi connectivity index (χ3v) is 3.48. The van der Waals surface area contributed by atoms with Gasteiger partial charge >= 0.3 is 0 Å². The summed E-state index contributed by atoms with van der Waals surface area (Å²) in [6, 6.07) is 20.4. The molecule has 2 heteroatoms. The van der Waals surface area contributed by atoms with Crippen LogP contribution in [0.2, 0.25) is 0 Å². The van der Waals surface area contributed by atoms with Crippen molar-refractivity contribution < 1.29 is 0 Å². The molecule has 22 heavy (non-hydrogen) atoms. The Balaban J connectivity index is 1.73. The van der Waals surface area contributed by atoms with Crippen molar-refractivity contribution in [1.29, 1.82) is 0 Å². The summed E-state index contributed by atoms with van der Waals surface area (Å²) in [5, 5.41) is 0. The van der Waals surface area contributed by atoms with Gasteiger partial charge in [0.05, 0.1) is 0 Å². The lowest BCUT2D eigenvalue weighted by Gasteiger charge is -2.04. The summed E-state index contributed by atoms with van der Waals surface area (Å²) in [5.41, 5.74) is 16.3. The number of hydrogen-bond donors (Lipinski definition) is 2. The Morgan fingerprint density at radius 3 is 1.36 bits per heavy atom. The van der Waals surface area contributed by atoms with E-state index in [-0.39, 0.29) is 0 Å². The molecule has 0 radical (unpaired) electrons. The lowest BCUT2D eigenvalue weighted by Crippen LogP contribution is -1.99. The van der Waals surface area contributed by atoms with E-state index < -0.39 is 0 Å². The molecule has 0 fully saturated rings. The fourth-order valence-electron chi connectivity index (χ4n) is 2.33. The van der Waals surface area contributed by atoms with Gasteiger partial charge in [-0.15, -0.1) is 0 Å². The Morgan fingerprint density at radius 2 is 1.00 bits per heavy atom. The first-order valence-electron chi connectivity index (χ1n) is 7.76. The second kappa shape index (κ2) is 8.73. The first-order valence-corrected chi connectivity index (χ1v) is 7.76. The zero-order chi connectivity index (χ0) is 15.6. The lowest BCUT2D eigenvalue weighted by atomic mass is 10.1. The van der Waals surface area contributed by atoms with E-state index in [1.807, 2.05) is 48.6 Å². The van der Waals surface area contributed by atoms with E-state index in [0.717, 1.165) is 48.2 Å². The molecule has 0 aliphatic carbocycles. The van der Waals surface area contributed by atoms with Gasteiger partial charge in [-0.25, -0.2) is 0 Å². The van der Waals surface area contributed by atoms with Gasteiger partial charge in [0.2, 0.25) is 0 Å². The van der Waals surface area contributed by atoms with Crippen molar-refractivity contribution in [3.8, 4) is 0 Å². The average molecular weight is 292 g/mol. The third kappa shape index (κ3) is 5.88. The van der Waals surface area contributed by atoms with Crippen LogP contribution in [0.5, 0.6) is 0 Å². The largest absolute Gasteiger partial charge is 0.402 e. The van der Waals surface area contributed by atoms with Crippen molar-refractivity contribution in [2.24, 2.45) is 11.5 Å². The van der Waals surface area contributed by atoms with Crippen LogP contribution in [0.4, 0.5) is 0 Å². The van der Waals surface area contributed by atoms with E-state index in [2.05, 4.69) is 24.3 Å². The molecule has 0 aliphatic rings. The zero-order valence-electron chi connectivity index (χ0n) is 12.9. The molecule has 0 unspecified atom stereocenters. The van der Waals surface area contributed by atoms with Gasteiger partial charge in [-0.1, -0.05) is 60.7 Å². The first kappa shape index (κ1) is 15.9. The second-order valence-electron chi connectivity index (χ2n) is 5.47. The van der Waals surface area contributed by atoms with Crippen molar-refractivity contribution in [2.75, 3.05) is 0 Å². The molecule has 0 spiro atoms. The number of benzene rings is 2. The number of allylic oxidation sites excluding steroid dienone is 2. The van der Waals surface area contributed by atoms with E-state index in [0.29, 0.717) is 0 Å². The fourth-order valence-corrected chi connectivity index (χ4v) is 2.33. The first-order chi connectivity index (χ1) is 10.7. The van der Waals surface area contributed by atoms with E-state index in [1.54, 1.807) is 0 Å². The van der Waals surface area contributed by atoms with E-state index >= 15 is 0 Å². The highest BCUT2D eigenvalue weighted by Crippen LogP contribution is 2.13. The summed E-state index contributed by atoms with van der Waals surface area (Å²) in [4.78, 5) is 0. The highest BCUT2D eigenvalue weighted by atomic mass is 14.6. The van der Waals surface area contributed by atoms with Crippen molar-refractivity contribution in [3.05, 3.63) is 83.2 Å². The molecular weight excluding hydrogens is 268 g/mol. The molecule has 2 aromatic rings. The monoisotopic (exact) mass is 292 g/mol. The minimum Gasteiger partial charge on any atom is -0.402 e. The van der Waals surface area contributed by atoms with Crippen molar-refractivity contribution in [1.82, 2.24) is 0 Å². The van der Waals surface area contributed by atoms with Gasteiger partial charge < -0.3 is 11.5 Å². The highest BCUT2D eigenvalue weighted by Gasteiger charge is 1.96. The van der Waals surface area contributed by atoms with Crippen LogP contribution in [-0.2, 0) is 0 Å². The van der Waals surface area contributed by atoms with Crippen LogP contribution in [0.15, 0.2) is 72.1 Å². The molecule has 0 heterocycles. The molecule has 4 N–H and O–H groups in total. The summed E-state index contributed by atoms with van der Waals surface area (Å²) in [5.74, 6) is 0. The fraction of sp³-hybridized carbons (Fsp3) is 0.200. The Hall–Kier alpha value is -2.48. The number of nitrogens with two attached hydrogens (primary N) is 2. The maximum atomic E-state index is 6.06. The molecule has 0 atom stereocenters. The van der Waals surface area contributed by atoms with Crippen molar-refractivity contribution in [2.45, 2.75) is 25.7 Å². The quantitative estimate of drug-likeness (QED) is 0.736. The maximum absolute atomic E-state index is 6.06. The minimum atomic E-state index is 0.910. The van der Waals surface area contributed by atoms with E-state index in [9.17, 15) is 0 Å². The summed E-state index contributed by atoms with van der Waals surface area (Å²) in [6.07, 6.45) is 8.02. The minimum absolute atomic E-state index is 0.910. The molecule has 2 nitrogen and oxygen atoms in total. The summed E-state index contributed by atoms with van der Waals surface area (Å²) in [6.45, 7) is 0. The predicted molar refractivity (Wildman–Crippen MR) is 95.7 cm³/mol. The molecule has 0 amide bonds. The van der Waals surface area contributed by atoms with Gasteiger partial charge in [0.1, 0.15) is 0 Å². The summed E-state index contributed by atoms with van der Waals surface area (Å²) < 4.78 is 0. The molecule has 114 valence electrons. The van der Waals surface area contributed by atoms with Gasteiger partial charge in [-0.05, 0) is 49.0 Å². The molecule has 2 aromatic carbocycles. The standard InChI is InChI=1S/C20H24N2/c21-19(15-17-9-3-1-4-10-17)13-7-8-14-20(22)16-18-11-5-2-6-12-18/h1-6,9-12,15-16H,7-8,13-14,21-22H2. The van der Waals surface area contributed by atoms with Gasteiger partial charge in [-0.3, -0.25) is 0 Å². The van der Waals surface area contributed by atoms with E-state index in [1.165, 1.54) is 0 Å². The molecule has 2 rings (SSSR count). The van der Waals surface area contributed by atoms with Gasteiger partial charge in [0, 0.05) is 11.4 Å². The van der Waals surface area contributed by atoms with Crippen LogP contribution >= 0.6 is 0 Å². The Morgan fingerprint density at radius 1 is 0.636 bits per heavy atom. The Labute approximate surface area is 133 Å². The normalized spacial score (nSPS) is 12.4. The average Bonchev–Trinajstić information content (AvgIpc) is 2.53. The highest BCUT2D eigenvalue weighted by molar-refractivity contribution is 5.52. The van der Waals surface area contributed by atoms with Crippen LogP contribution in [0, 0.1) is 0 Å². The van der Waals surface area contributed by atoms with Gasteiger partial charge in [0.25, 0.3) is 0 Å². The topological polar surface area (TPSA) is 52.0 Å². The van der Waals surface area contributed by atoms with Gasteiger partial charge in [0.15, 0.2) is 0 Å². The third-order valence-electron chi connectivity index (χ3n) is 3.48. The Kier molecular flexibility index (Phi) is 6.31. The van der Waals surface area contributed by atoms with Gasteiger partial charge in [-0.2, -0.15) is 0 Å². The van der Waals surface area contributed by atoms with Crippen LogP contribution in [-0.4, -0.2) is 0 Å². The smallest absolute Gasteiger partial charge is 0.00864 e. The molecular formula is C20H24N2. The predicted octanol–water partition coefficient (Wildman–Crippen LogP) is 4.55. The Bertz CT molecular complexity index is 555. The number of hydrogen-bond acceptors (Lipinski definition) is 2. The lowest BCUT2D eigenvalue weighted by molar-refractivity contribution is 0.722. The molecule has 0 aromatic heterocycles. The zero-order valence-corrected chi connectivity index (χ0v) is 12.9. The van der Waals surface area contributed by atoms with Crippen LogP contribution in [0.3, 0.4) is 0 Å². The van der Waals surface area contributed by atoms with Crippen molar-refractivity contribution in [3.63, 3.8) is 0 Å². The van der Waals surface area contributed by atoms with Crippen molar-refractivity contribution >= 4 is 12.2 Å². The van der Waals surface area contributed by atoms with Crippen LogP contribution in [0.1, 0.15) is 36.8 Å². The van der Waals surface area contributed by atoms with E-state index in [4.69, 9.17) is 11.5 Å². The molecule has 0 saturated heterocycles.